The summed E-state index contributed by atoms with van der Waals surface area (Å²) in [6, 6.07) is 4.39. The van der Waals surface area contributed by atoms with Crippen LogP contribution in [0.25, 0.3) is 0 Å². The molecule has 90 valence electrons. The lowest BCUT2D eigenvalue weighted by molar-refractivity contribution is 0.0384. The van der Waals surface area contributed by atoms with Gasteiger partial charge in [-0.1, -0.05) is 0 Å². The summed E-state index contributed by atoms with van der Waals surface area (Å²) in [5.74, 6) is 0. The molecule has 0 amide bonds. The molecule has 0 bridgehead atoms. The van der Waals surface area contributed by atoms with Crippen LogP contribution in [0, 0.1) is 6.92 Å². The molecule has 2 rings (SSSR count). The molecule has 0 unspecified atom stereocenters. The number of morpholine rings is 1. The molecule has 0 atom stereocenters. The molecule has 0 saturated carbocycles. The molecule has 0 spiro atoms. The minimum atomic E-state index is 0.893. The van der Waals surface area contributed by atoms with Gasteiger partial charge in [0.15, 0.2) is 0 Å². The lowest BCUT2D eigenvalue weighted by Gasteiger charge is -2.26. The summed E-state index contributed by atoms with van der Waals surface area (Å²) in [5.41, 5.74) is 0. The molecule has 1 saturated heterocycles. The van der Waals surface area contributed by atoms with Gasteiger partial charge in [0.1, 0.15) is 0 Å². The lowest BCUT2D eigenvalue weighted by atomic mass is 10.4. The molecule has 1 N–H and O–H groups in total. The van der Waals surface area contributed by atoms with Crippen molar-refractivity contribution in [3.05, 3.63) is 21.9 Å². The Morgan fingerprint density at radius 1 is 1.38 bits per heavy atom. The van der Waals surface area contributed by atoms with E-state index in [-0.39, 0.29) is 0 Å². The van der Waals surface area contributed by atoms with E-state index >= 15 is 0 Å². The molecule has 0 radical (unpaired) electrons. The van der Waals surface area contributed by atoms with Crippen LogP contribution in [0.5, 0.6) is 0 Å². The maximum atomic E-state index is 5.32. The molecular formula is C12H20N2OS. The van der Waals surface area contributed by atoms with Crippen LogP contribution in [-0.2, 0) is 11.3 Å². The standard InChI is InChI=1S/C12H20N2OS/c1-11-2-3-12(16-11)10-13-4-5-14-6-8-15-9-7-14/h2-3,13H,4-10H2,1H3. The fraction of sp³-hybridized carbons (Fsp3) is 0.667. The maximum Gasteiger partial charge on any atom is 0.0594 e. The fourth-order valence-corrected chi connectivity index (χ4v) is 2.71. The van der Waals surface area contributed by atoms with Gasteiger partial charge in [0.25, 0.3) is 0 Å². The van der Waals surface area contributed by atoms with E-state index in [9.17, 15) is 0 Å². The monoisotopic (exact) mass is 240 g/mol. The van der Waals surface area contributed by atoms with Gasteiger partial charge in [-0.2, -0.15) is 0 Å². The summed E-state index contributed by atoms with van der Waals surface area (Å²) < 4.78 is 5.32. The van der Waals surface area contributed by atoms with E-state index in [1.807, 2.05) is 11.3 Å². The van der Waals surface area contributed by atoms with Crippen molar-refractivity contribution in [1.82, 2.24) is 10.2 Å². The summed E-state index contributed by atoms with van der Waals surface area (Å²) in [6.07, 6.45) is 0. The maximum absolute atomic E-state index is 5.32. The van der Waals surface area contributed by atoms with Gasteiger partial charge < -0.3 is 10.1 Å². The van der Waals surface area contributed by atoms with E-state index in [4.69, 9.17) is 4.74 Å². The third-order valence-corrected chi connectivity index (χ3v) is 3.80. The van der Waals surface area contributed by atoms with Crippen molar-refractivity contribution in [2.45, 2.75) is 13.5 Å². The van der Waals surface area contributed by atoms with Crippen molar-refractivity contribution in [2.75, 3.05) is 39.4 Å². The Balaban J connectivity index is 1.57. The number of aryl methyl sites for hydroxylation is 1. The van der Waals surface area contributed by atoms with Gasteiger partial charge >= 0.3 is 0 Å². The highest BCUT2D eigenvalue weighted by Gasteiger charge is 2.08. The van der Waals surface area contributed by atoms with Crippen LogP contribution >= 0.6 is 11.3 Å². The molecule has 1 fully saturated rings. The molecule has 1 aromatic rings. The SMILES string of the molecule is Cc1ccc(CNCCN2CCOCC2)s1. The Bertz CT molecular complexity index is 308. The fourth-order valence-electron chi connectivity index (χ4n) is 1.85. The minimum Gasteiger partial charge on any atom is -0.379 e. The molecule has 1 aliphatic rings. The lowest BCUT2D eigenvalue weighted by Crippen LogP contribution is -2.40. The van der Waals surface area contributed by atoms with Crippen molar-refractivity contribution in [3.63, 3.8) is 0 Å². The minimum absolute atomic E-state index is 0.893. The highest BCUT2D eigenvalue weighted by molar-refractivity contribution is 7.11. The summed E-state index contributed by atoms with van der Waals surface area (Å²) in [7, 11) is 0. The smallest absolute Gasteiger partial charge is 0.0594 e. The molecule has 3 nitrogen and oxygen atoms in total. The van der Waals surface area contributed by atoms with Crippen LogP contribution in [0.1, 0.15) is 9.75 Å². The van der Waals surface area contributed by atoms with Gasteiger partial charge in [-0.05, 0) is 19.1 Å². The third-order valence-electron chi connectivity index (χ3n) is 2.80. The number of nitrogens with zero attached hydrogens (tertiary/aromatic N) is 1. The Kier molecular flexibility index (Phi) is 4.78. The number of ether oxygens (including phenoxy) is 1. The van der Waals surface area contributed by atoms with E-state index < -0.39 is 0 Å². The number of nitrogens with one attached hydrogen (secondary N) is 1. The van der Waals surface area contributed by atoms with E-state index in [1.165, 1.54) is 9.75 Å². The number of hydrogen-bond donors (Lipinski definition) is 1. The Morgan fingerprint density at radius 2 is 2.19 bits per heavy atom. The van der Waals surface area contributed by atoms with Crippen LogP contribution in [-0.4, -0.2) is 44.3 Å². The second kappa shape index (κ2) is 6.35. The molecule has 1 aromatic heterocycles. The quantitative estimate of drug-likeness (QED) is 0.789. The van der Waals surface area contributed by atoms with Crippen molar-refractivity contribution >= 4 is 11.3 Å². The molecule has 2 heterocycles. The Labute approximate surface area is 101 Å². The van der Waals surface area contributed by atoms with Crippen molar-refractivity contribution in [2.24, 2.45) is 0 Å². The van der Waals surface area contributed by atoms with E-state index in [0.717, 1.165) is 45.9 Å². The topological polar surface area (TPSA) is 24.5 Å². The molecule has 0 aromatic carbocycles. The molecular weight excluding hydrogens is 220 g/mol. The number of thiophene rings is 1. The zero-order valence-corrected chi connectivity index (χ0v) is 10.7. The average molecular weight is 240 g/mol. The van der Waals surface area contributed by atoms with Gasteiger partial charge in [-0.25, -0.2) is 0 Å². The van der Waals surface area contributed by atoms with Crippen LogP contribution in [0.2, 0.25) is 0 Å². The first kappa shape index (κ1) is 12.0. The summed E-state index contributed by atoms with van der Waals surface area (Å²) in [5, 5.41) is 3.49. The van der Waals surface area contributed by atoms with Crippen LogP contribution in [0.4, 0.5) is 0 Å². The van der Waals surface area contributed by atoms with Crippen molar-refractivity contribution in [1.29, 1.82) is 0 Å². The molecule has 0 aliphatic carbocycles. The second-order valence-electron chi connectivity index (χ2n) is 4.14. The van der Waals surface area contributed by atoms with Crippen LogP contribution in [0.15, 0.2) is 12.1 Å². The van der Waals surface area contributed by atoms with Gasteiger partial charge in [0.05, 0.1) is 13.2 Å². The van der Waals surface area contributed by atoms with Gasteiger partial charge in [0, 0.05) is 42.5 Å². The van der Waals surface area contributed by atoms with E-state index in [0.29, 0.717) is 0 Å². The average Bonchev–Trinajstić information content (AvgIpc) is 2.72. The third kappa shape index (κ3) is 3.87. The summed E-state index contributed by atoms with van der Waals surface area (Å²) >= 11 is 1.88. The zero-order valence-electron chi connectivity index (χ0n) is 9.87. The Morgan fingerprint density at radius 3 is 2.88 bits per heavy atom. The van der Waals surface area contributed by atoms with Crippen LogP contribution in [0.3, 0.4) is 0 Å². The summed E-state index contributed by atoms with van der Waals surface area (Å²) in [6.45, 7) is 9.31. The highest BCUT2D eigenvalue weighted by Crippen LogP contribution is 2.14. The van der Waals surface area contributed by atoms with Gasteiger partial charge in [-0.3, -0.25) is 4.90 Å². The second-order valence-corrected chi connectivity index (χ2v) is 5.52. The largest absolute Gasteiger partial charge is 0.379 e. The Hall–Kier alpha value is -0.420. The number of hydrogen-bond acceptors (Lipinski definition) is 4. The zero-order chi connectivity index (χ0) is 11.2. The van der Waals surface area contributed by atoms with E-state index in [2.05, 4.69) is 29.3 Å². The summed E-state index contributed by atoms with van der Waals surface area (Å²) in [4.78, 5) is 5.28. The van der Waals surface area contributed by atoms with Gasteiger partial charge in [0.2, 0.25) is 0 Å². The molecule has 4 heteroatoms. The van der Waals surface area contributed by atoms with Gasteiger partial charge in [-0.15, -0.1) is 11.3 Å². The first-order valence-electron chi connectivity index (χ1n) is 5.91. The predicted molar refractivity (Wildman–Crippen MR) is 68.0 cm³/mol. The number of rotatable bonds is 5. The first-order valence-corrected chi connectivity index (χ1v) is 6.72. The van der Waals surface area contributed by atoms with Crippen molar-refractivity contribution < 1.29 is 4.74 Å². The normalized spacial score (nSPS) is 17.8. The molecule has 16 heavy (non-hydrogen) atoms. The van der Waals surface area contributed by atoms with Crippen LogP contribution < -0.4 is 5.32 Å². The van der Waals surface area contributed by atoms with Crippen molar-refractivity contribution in [3.8, 4) is 0 Å². The highest BCUT2D eigenvalue weighted by atomic mass is 32.1. The molecule has 1 aliphatic heterocycles. The van der Waals surface area contributed by atoms with E-state index in [1.54, 1.807) is 0 Å². The first-order chi connectivity index (χ1) is 7.84. The predicted octanol–water partition coefficient (Wildman–Crippen LogP) is 1.48.